The van der Waals surface area contributed by atoms with Crippen molar-refractivity contribution in [2.75, 3.05) is 83.9 Å². The molecule has 0 aromatic heterocycles. The summed E-state index contributed by atoms with van der Waals surface area (Å²) in [4.78, 5) is 64.3. The normalized spacial score (nSPS) is 16.8. The van der Waals surface area contributed by atoms with Gasteiger partial charge in [-0.3, -0.25) is 38.8 Å². The van der Waals surface area contributed by atoms with E-state index in [1.54, 1.807) is 19.6 Å². The van der Waals surface area contributed by atoms with Gasteiger partial charge in [-0.25, -0.2) is 0 Å². The van der Waals surface area contributed by atoms with Crippen LogP contribution in [0.4, 0.5) is 5.69 Å². The molecule has 211 valence electrons. The maximum absolute atomic E-state index is 12.7. The van der Waals surface area contributed by atoms with E-state index >= 15 is 0 Å². The van der Waals surface area contributed by atoms with Crippen molar-refractivity contribution in [3.63, 3.8) is 0 Å². The van der Waals surface area contributed by atoms with Crippen LogP contribution in [0.3, 0.4) is 0 Å². The Bertz CT molecular complexity index is 931. The second kappa shape index (κ2) is 16.7. The third-order valence-electron chi connectivity index (χ3n) is 5.78. The van der Waals surface area contributed by atoms with Crippen LogP contribution in [0.5, 0.6) is 0 Å². The molecule has 1 aliphatic rings. The number of hydrogen-bond donors (Lipinski definition) is 4. The molecule has 1 heterocycles. The van der Waals surface area contributed by atoms with E-state index in [4.69, 9.17) is 0 Å². The first-order valence-corrected chi connectivity index (χ1v) is 11.7. The first-order chi connectivity index (χ1) is 17.5. The van der Waals surface area contributed by atoms with Crippen molar-refractivity contribution >= 4 is 35.5 Å². The van der Waals surface area contributed by atoms with E-state index in [-0.39, 0.29) is 80.9 Å². The van der Waals surface area contributed by atoms with Gasteiger partial charge in [-0.2, -0.15) is 0 Å². The number of amides is 1. The SMILES string of the molecule is O=C(O)CN1CCN(CC(=O)O)CCN(CC(=O)Nc2ccc(C(=O)[O-])cc2)CCN(CC(=O)O)CC1.[Mn]. The first-order valence-electron chi connectivity index (χ1n) is 11.7. The average Bonchev–Trinajstić information content (AvgIpc) is 2.80. The van der Waals surface area contributed by atoms with Gasteiger partial charge in [0.1, 0.15) is 0 Å². The summed E-state index contributed by atoms with van der Waals surface area (Å²) in [5.41, 5.74) is 0.364. The van der Waals surface area contributed by atoms with E-state index in [0.717, 1.165) is 0 Å². The van der Waals surface area contributed by atoms with Crippen molar-refractivity contribution in [3.05, 3.63) is 29.8 Å². The molecule has 1 radical (unpaired) electrons. The molecule has 1 saturated heterocycles. The molecule has 1 aliphatic heterocycles. The van der Waals surface area contributed by atoms with Crippen LogP contribution in [0.1, 0.15) is 10.4 Å². The second-order valence-electron chi connectivity index (χ2n) is 8.70. The van der Waals surface area contributed by atoms with Gasteiger partial charge in [0.15, 0.2) is 0 Å². The number of hydrogen-bond acceptors (Lipinski definition) is 10. The average molecular weight is 577 g/mol. The van der Waals surface area contributed by atoms with Gasteiger partial charge >= 0.3 is 17.9 Å². The predicted octanol–water partition coefficient (Wildman–Crippen LogP) is -2.54. The number of carbonyl (C=O) groups excluding carboxylic acids is 2. The van der Waals surface area contributed by atoms with Gasteiger partial charge in [0.05, 0.1) is 32.1 Å². The molecule has 0 atom stereocenters. The number of aromatic carboxylic acids is 1. The van der Waals surface area contributed by atoms with Gasteiger partial charge in [-0.1, -0.05) is 12.1 Å². The Balaban J connectivity index is 0.00000722. The number of nitrogens with one attached hydrogen (secondary N) is 1. The van der Waals surface area contributed by atoms with Crippen LogP contribution in [0.25, 0.3) is 0 Å². The number of carboxylic acid groups (broad SMARTS) is 4. The zero-order valence-electron chi connectivity index (χ0n) is 20.8. The van der Waals surface area contributed by atoms with Crippen molar-refractivity contribution < 1.29 is 61.5 Å². The van der Waals surface area contributed by atoms with Crippen molar-refractivity contribution in [1.82, 2.24) is 19.6 Å². The fraction of sp³-hybridized carbons (Fsp3) is 0.522. The van der Waals surface area contributed by atoms with Gasteiger partial charge < -0.3 is 30.5 Å². The Morgan fingerprint density at radius 2 is 0.947 bits per heavy atom. The second-order valence-corrected chi connectivity index (χ2v) is 8.70. The Morgan fingerprint density at radius 3 is 1.24 bits per heavy atom. The number of rotatable bonds is 10. The molecular formula is C23H32MnN5O9-. The number of carboxylic acids is 4. The maximum atomic E-state index is 12.7. The van der Waals surface area contributed by atoms with E-state index in [2.05, 4.69) is 5.32 Å². The van der Waals surface area contributed by atoms with Crippen LogP contribution in [-0.4, -0.2) is 143 Å². The van der Waals surface area contributed by atoms with E-state index in [1.165, 1.54) is 24.3 Å². The summed E-state index contributed by atoms with van der Waals surface area (Å²) in [5.74, 6) is -4.81. The minimum absolute atomic E-state index is 0. The molecule has 1 fully saturated rings. The van der Waals surface area contributed by atoms with Crippen LogP contribution in [0.15, 0.2) is 24.3 Å². The molecule has 0 unspecified atom stereocenters. The molecule has 0 bridgehead atoms. The molecule has 1 aromatic carbocycles. The first kappa shape index (κ1) is 33.0. The van der Waals surface area contributed by atoms with E-state index < -0.39 is 23.9 Å². The van der Waals surface area contributed by atoms with Crippen LogP contribution in [-0.2, 0) is 36.2 Å². The molecule has 0 spiro atoms. The summed E-state index contributed by atoms with van der Waals surface area (Å²) in [5, 5.41) is 41.3. The Labute approximate surface area is 230 Å². The third kappa shape index (κ3) is 12.9. The molecule has 0 saturated carbocycles. The molecule has 15 heteroatoms. The number of benzene rings is 1. The third-order valence-corrected chi connectivity index (χ3v) is 5.78. The molecule has 2 rings (SSSR count). The maximum Gasteiger partial charge on any atom is 0.317 e. The van der Waals surface area contributed by atoms with Crippen LogP contribution < -0.4 is 10.4 Å². The Morgan fingerprint density at radius 1 is 0.632 bits per heavy atom. The topological polar surface area (TPSA) is 194 Å². The quantitative estimate of drug-likeness (QED) is 0.213. The van der Waals surface area contributed by atoms with Gasteiger partial charge in [0.25, 0.3) is 0 Å². The van der Waals surface area contributed by atoms with Crippen LogP contribution in [0, 0.1) is 0 Å². The molecule has 14 nitrogen and oxygen atoms in total. The van der Waals surface area contributed by atoms with Gasteiger partial charge in [0.2, 0.25) is 5.91 Å². The van der Waals surface area contributed by atoms with Crippen molar-refractivity contribution in [3.8, 4) is 0 Å². The number of anilines is 1. The van der Waals surface area contributed by atoms with Gasteiger partial charge in [0, 0.05) is 75.1 Å². The minimum atomic E-state index is -1.33. The summed E-state index contributed by atoms with van der Waals surface area (Å²) in [6, 6.07) is 5.49. The summed E-state index contributed by atoms with van der Waals surface area (Å²) < 4.78 is 0. The molecule has 38 heavy (non-hydrogen) atoms. The summed E-state index contributed by atoms with van der Waals surface area (Å²) in [6.45, 7) is 1.51. The molecule has 1 aromatic rings. The minimum Gasteiger partial charge on any atom is -0.545 e. The fourth-order valence-corrected chi connectivity index (χ4v) is 3.88. The standard InChI is InChI=1S/C23H33N5O9.Mn/c29-19(24-18-3-1-17(2-4-18)23(36)37)13-25-5-7-26(14-20(30)31)9-11-28(16-22(34)35)12-10-27(8-6-25)15-21(32)33;/h1-4H,5-16H2,(H,24,29)(H,30,31)(H,32,33)(H,34,35)(H,36,37);/p-1. The smallest absolute Gasteiger partial charge is 0.317 e. The predicted molar refractivity (Wildman–Crippen MR) is 128 cm³/mol. The molecule has 4 N–H and O–H groups in total. The number of nitrogens with zero attached hydrogens (tertiary/aromatic N) is 4. The largest absolute Gasteiger partial charge is 0.545 e. The summed E-state index contributed by atoms with van der Waals surface area (Å²) in [7, 11) is 0. The van der Waals surface area contributed by atoms with Crippen molar-refractivity contribution in [1.29, 1.82) is 0 Å². The Hall–Kier alpha value is -3.07. The monoisotopic (exact) mass is 577 g/mol. The van der Waals surface area contributed by atoms with Crippen LogP contribution >= 0.6 is 0 Å². The van der Waals surface area contributed by atoms with Gasteiger partial charge in [-0.15, -0.1) is 0 Å². The van der Waals surface area contributed by atoms with Crippen molar-refractivity contribution in [2.24, 2.45) is 0 Å². The zero-order chi connectivity index (χ0) is 27.4. The van der Waals surface area contributed by atoms with E-state index in [1.807, 2.05) is 0 Å². The summed E-state index contributed by atoms with van der Waals surface area (Å²) in [6.07, 6.45) is 0. The zero-order valence-corrected chi connectivity index (χ0v) is 21.9. The number of aliphatic carboxylic acids is 3. The Kier molecular flexibility index (Phi) is 14.5. The summed E-state index contributed by atoms with van der Waals surface area (Å²) >= 11 is 0. The molecule has 0 aliphatic carbocycles. The van der Waals surface area contributed by atoms with Crippen molar-refractivity contribution in [2.45, 2.75) is 0 Å². The van der Waals surface area contributed by atoms with E-state index in [9.17, 15) is 44.4 Å². The van der Waals surface area contributed by atoms with Crippen LogP contribution in [0.2, 0.25) is 0 Å². The molecule has 1 amide bonds. The van der Waals surface area contributed by atoms with E-state index in [0.29, 0.717) is 31.9 Å². The van der Waals surface area contributed by atoms with Gasteiger partial charge in [-0.05, 0) is 17.7 Å². The number of carbonyl (C=O) groups is 5. The fourth-order valence-electron chi connectivity index (χ4n) is 3.88. The molecular weight excluding hydrogens is 545 g/mol.